The fraction of sp³-hybridized carbons (Fsp3) is 0.333. The van der Waals surface area contributed by atoms with Crippen molar-refractivity contribution in [2.24, 2.45) is 0 Å². The fourth-order valence-electron chi connectivity index (χ4n) is 3.45. The number of hydrogen-bond acceptors (Lipinski definition) is 4. The average Bonchev–Trinajstić information content (AvgIpc) is 2.73. The second-order valence-corrected chi connectivity index (χ2v) is 7.39. The lowest BCUT2D eigenvalue weighted by Crippen LogP contribution is -2.23. The zero-order valence-corrected chi connectivity index (χ0v) is 17.1. The highest BCUT2D eigenvalue weighted by Crippen LogP contribution is 2.30. The van der Waals surface area contributed by atoms with Gasteiger partial charge in [0.1, 0.15) is 12.4 Å². The molecule has 1 heterocycles. The molecule has 5 heteroatoms. The maximum Gasteiger partial charge on any atom is 0.251 e. The van der Waals surface area contributed by atoms with Crippen LogP contribution in [0.3, 0.4) is 0 Å². The van der Waals surface area contributed by atoms with Crippen molar-refractivity contribution in [3.63, 3.8) is 0 Å². The number of rotatable bonds is 8. The van der Waals surface area contributed by atoms with Crippen LogP contribution in [-0.4, -0.2) is 25.3 Å². The smallest absolute Gasteiger partial charge is 0.251 e. The zero-order chi connectivity index (χ0) is 20.9. The maximum atomic E-state index is 12.2. The molecule has 29 heavy (non-hydrogen) atoms. The number of nitriles is 1. The predicted octanol–water partition coefficient (Wildman–Crippen LogP) is 4.14. The predicted molar refractivity (Wildman–Crippen MR) is 114 cm³/mol. The van der Waals surface area contributed by atoms with Gasteiger partial charge in [-0.1, -0.05) is 31.2 Å². The molecule has 2 aromatic carbocycles. The largest absolute Gasteiger partial charge is 0.491 e. The van der Waals surface area contributed by atoms with Crippen molar-refractivity contribution >= 4 is 10.9 Å². The Bertz CT molecular complexity index is 1100. The number of H-pyrrole nitrogens is 1. The van der Waals surface area contributed by atoms with E-state index in [2.05, 4.69) is 11.1 Å². The molecule has 3 aromatic rings. The van der Waals surface area contributed by atoms with Gasteiger partial charge in [-0.05, 0) is 60.5 Å². The number of aromatic amines is 1. The number of aromatic nitrogens is 1. The molecule has 0 radical (unpaired) electrons. The van der Waals surface area contributed by atoms with Crippen LogP contribution in [0.4, 0.5) is 0 Å². The van der Waals surface area contributed by atoms with Crippen LogP contribution in [0.15, 0.2) is 53.3 Å². The van der Waals surface area contributed by atoms with Crippen molar-refractivity contribution in [1.82, 2.24) is 4.98 Å². The fourth-order valence-corrected chi connectivity index (χ4v) is 3.45. The third-order valence-electron chi connectivity index (χ3n) is 5.20. The molecule has 0 fully saturated rings. The average molecular weight is 390 g/mol. The van der Waals surface area contributed by atoms with Gasteiger partial charge in [-0.3, -0.25) is 4.79 Å². The molecule has 0 aliphatic rings. The van der Waals surface area contributed by atoms with E-state index in [1.165, 1.54) is 0 Å². The zero-order valence-electron chi connectivity index (χ0n) is 17.1. The van der Waals surface area contributed by atoms with Gasteiger partial charge < -0.3 is 14.5 Å². The third kappa shape index (κ3) is 4.67. The van der Waals surface area contributed by atoms with Crippen LogP contribution < -0.4 is 10.3 Å². The van der Waals surface area contributed by atoms with E-state index in [1.807, 2.05) is 62.4 Å². The quantitative estimate of drug-likeness (QED) is 0.587. The van der Waals surface area contributed by atoms with Gasteiger partial charge in [0.15, 0.2) is 0 Å². The van der Waals surface area contributed by atoms with Crippen molar-refractivity contribution in [2.45, 2.75) is 32.1 Å². The van der Waals surface area contributed by atoms with E-state index in [9.17, 15) is 10.1 Å². The summed E-state index contributed by atoms with van der Waals surface area (Å²) >= 11 is 0. The Hall–Kier alpha value is -3.10. The molecule has 0 amide bonds. The lowest BCUT2D eigenvalue weighted by Gasteiger charge is -2.23. The first-order valence-electron chi connectivity index (χ1n) is 9.77. The number of ether oxygens (including phenoxy) is 2. The summed E-state index contributed by atoms with van der Waals surface area (Å²) in [4.78, 5) is 15.1. The Kier molecular flexibility index (Phi) is 6.36. The Morgan fingerprint density at radius 2 is 1.97 bits per heavy atom. The molecule has 1 atom stereocenters. The van der Waals surface area contributed by atoms with Crippen LogP contribution in [0.25, 0.3) is 10.9 Å². The minimum Gasteiger partial charge on any atom is -0.491 e. The monoisotopic (exact) mass is 390 g/mol. The molecule has 0 saturated carbocycles. The normalized spacial score (nSPS) is 13.0. The van der Waals surface area contributed by atoms with Crippen molar-refractivity contribution < 1.29 is 9.47 Å². The van der Waals surface area contributed by atoms with E-state index in [4.69, 9.17) is 9.47 Å². The number of methoxy groups -OCH3 is 1. The number of nitrogens with zero attached hydrogens (tertiary/aromatic N) is 1. The van der Waals surface area contributed by atoms with Crippen molar-refractivity contribution in [2.75, 3.05) is 20.3 Å². The van der Waals surface area contributed by atoms with E-state index >= 15 is 0 Å². The summed E-state index contributed by atoms with van der Waals surface area (Å²) in [7, 11) is 1.64. The number of aryl methyl sites for hydroxylation is 1. The Balaban J connectivity index is 1.90. The topological polar surface area (TPSA) is 75.1 Å². The summed E-state index contributed by atoms with van der Waals surface area (Å²) < 4.78 is 10.7. The maximum absolute atomic E-state index is 12.2. The van der Waals surface area contributed by atoms with E-state index in [-0.39, 0.29) is 5.56 Å². The van der Waals surface area contributed by atoms with Crippen LogP contribution in [-0.2, 0) is 23.0 Å². The van der Waals surface area contributed by atoms with E-state index < -0.39 is 5.41 Å². The summed E-state index contributed by atoms with van der Waals surface area (Å²) in [5, 5.41) is 11.0. The van der Waals surface area contributed by atoms with Crippen molar-refractivity contribution in [3.05, 3.63) is 75.6 Å². The van der Waals surface area contributed by atoms with Crippen LogP contribution in [0.1, 0.15) is 30.5 Å². The van der Waals surface area contributed by atoms with Gasteiger partial charge in [0.05, 0.1) is 18.1 Å². The molecule has 3 rings (SSSR count). The Morgan fingerprint density at radius 3 is 2.69 bits per heavy atom. The second kappa shape index (κ2) is 8.93. The summed E-state index contributed by atoms with van der Waals surface area (Å²) in [6, 6.07) is 18.0. The summed E-state index contributed by atoms with van der Waals surface area (Å²) in [5.74, 6) is 0.759. The summed E-state index contributed by atoms with van der Waals surface area (Å²) in [5.41, 5.74) is 2.59. The summed E-state index contributed by atoms with van der Waals surface area (Å²) in [6.45, 7) is 4.89. The van der Waals surface area contributed by atoms with Crippen LogP contribution >= 0.6 is 0 Å². The van der Waals surface area contributed by atoms with E-state index in [0.717, 1.165) is 33.3 Å². The van der Waals surface area contributed by atoms with E-state index in [0.29, 0.717) is 26.1 Å². The van der Waals surface area contributed by atoms with Crippen molar-refractivity contribution in [3.8, 4) is 11.8 Å². The highest BCUT2D eigenvalue weighted by molar-refractivity contribution is 5.80. The van der Waals surface area contributed by atoms with Gasteiger partial charge >= 0.3 is 0 Å². The highest BCUT2D eigenvalue weighted by atomic mass is 16.5. The molecule has 0 aliphatic carbocycles. The van der Waals surface area contributed by atoms with Gasteiger partial charge in [0.2, 0.25) is 0 Å². The first-order chi connectivity index (χ1) is 14.0. The standard InChI is InChI=1S/C24H26N2O3/c1-4-18-13-19-8-9-20(14-22(19)26-23(18)27)24(2,16-25)15-17-6-5-7-21(12-17)29-11-10-28-3/h5-9,12-14H,4,10-11,15H2,1-3H3,(H,26,27). The number of hydrogen-bond donors (Lipinski definition) is 1. The van der Waals surface area contributed by atoms with Gasteiger partial charge in [0, 0.05) is 18.2 Å². The lowest BCUT2D eigenvalue weighted by atomic mass is 9.78. The van der Waals surface area contributed by atoms with Crippen molar-refractivity contribution in [1.29, 1.82) is 5.26 Å². The van der Waals surface area contributed by atoms with E-state index in [1.54, 1.807) is 7.11 Å². The Morgan fingerprint density at radius 1 is 1.14 bits per heavy atom. The first kappa shape index (κ1) is 20.6. The SMILES string of the molecule is CCc1cc2ccc(C(C)(C#N)Cc3cccc(OCCOC)c3)cc2[nH]c1=O. The molecular formula is C24H26N2O3. The molecule has 0 aliphatic heterocycles. The van der Waals surface area contributed by atoms with Crippen LogP contribution in [0.2, 0.25) is 0 Å². The molecular weight excluding hydrogens is 364 g/mol. The minimum atomic E-state index is -0.736. The molecule has 0 spiro atoms. The number of nitrogens with one attached hydrogen (secondary N) is 1. The summed E-state index contributed by atoms with van der Waals surface area (Å²) in [6.07, 6.45) is 1.22. The van der Waals surface area contributed by atoms with Crippen LogP contribution in [0, 0.1) is 11.3 Å². The molecule has 0 saturated heterocycles. The second-order valence-electron chi connectivity index (χ2n) is 7.39. The number of pyridine rings is 1. The molecule has 1 aromatic heterocycles. The molecule has 5 nitrogen and oxygen atoms in total. The molecule has 0 bridgehead atoms. The Labute approximate surface area is 170 Å². The first-order valence-corrected chi connectivity index (χ1v) is 9.77. The van der Waals surface area contributed by atoms with Gasteiger partial charge in [-0.15, -0.1) is 0 Å². The molecule has 150 valence electrons. The highest BCUT2D eigenvalue weighted by Gasteiger charge is 2.27. The number of benzene rings is 2. The minimum absolute atomic E-state index is 0.0725. The van der Waals surface area contributed by atoms with Crippen LogP contribution in [0.5, 0.6) is 5.75 Å². The number of fused-ring (bicyclic) bond motifs is 1. The molecule has 1 N–H and O–H groups in total. The molecule has 1 unspecified atom stereocenters. The third-order valence-corrected chi connectivity index (χ3v) is 5.20. The van der Waals surface area contributed by atoms with Gasteiger partial charge in [-0.2, -0.15) is 5.26 Å². The van der Waals surface area contributed by atoms with Gasteiger partial charge in [0.25, 0.3) is 5.56 Å². The lowest BCUT2D eigenvalue weighted by molar-refractivity contribution is 0.146. The van der Waals surface area contributed by atoms with Gasteiger partial charge in [-0.25, -0.2) is 0 Å².